The molecule has 0 bridgehead atoms. The van der Waals surface area contributed by atoms with Crippen molar-refractivity contribution in [2.24, 2.45) is 5.92 Å². The van der Waals surface area contributed by atoms with Crippen molar-refractivity contribution in [1.82, 2.24) is 4.90 Å². The van der Waals surface area contributed by atoms with Crippen molar-refractivity contribution in [3.8, 4) is 0 Å². The lowest BCUT2D eigenvalue weighted by atomic mass is 10.1. The van der Waals surface area contributed by atoms with Crippen LogP contribution in [0.3, 0.4) is 0 Å². The van der Waals surface area contributed by atoms with E-state index in [2.05, 4.69) is 4.90 Å². The first-order valence-corrected chi connectivity index (χ1v) is 6.87. The summed E-state index contributed by atoms with van der Waals surface area (Å²) < 4.78 is 25.9. The first kappa shape index (κ1) is 14.4. The molecule has 1 saturated carbocycles. The lowest BCUT2D eigenvalue weighted by Crippen LogP contribution is -2.31. The van der Waals surface area contributed by atoms with Gasteiger partial charge in [-0.15, -0.1) is 0 Å². The molecular formula is C15H21F2NO. The van der Waals surface area contributed by atoms with Crippen LogP contribution < -0.4 is 0 Å². The van der Waals surface area contributed by atoms with E-state index in [-0.39, 0.29) is 6.10 Å². The Bertz CT molecular complexity index is 425. The molecule has 106 valence electrons. The van der Waals surface area contributed by atoms with E-state index >= 15 is 0 Å². The molecule has 0 amide bonds. The van der Waals surface area contributed by atoms with E-state index in [4.69, 9.17) is 0 Å². The summed E-state index contributed by atoms with van der Waals surface area (Å²) in [7, 11) is 2.00. The molecule has 0 aliphatic heterocycles. The highest BCUT2D eigenvalue weighted by atomic mass is 19.2. The van der Waals surface area contributed by atoms with Gasteiger partial charge in [0.25, 0.3) is 0 Å². The smallest absolute Gasteiger partial charge is 0.159 e. The van der Waals surface area contributed by atoms with Crippen LogP contribution in [0.5, 0.6) is 0 Å². The Hall–Kier alpha value is -1.00. The molecule has 0 spiro atoms. The van der Waals surface area contributed by atoms with E-state index in [1.807, 2.05) is 7.05 Å². The summed E-state index contributed by atoms with van der Waals surface area (Å²) >= 11 is 0. The van der Waals surface area contributed by atoms with Crippen LogP contribution in [-0.4, -0.2) is 36.2 Å². The predicted molar refractivity (Wildman–Crippen MR) is 70.9 cm³/mol. The molecule has 0 aromatic heterocycles. The number of benzene rings is 1. The number of aliphatic hydroxyl groups excluding tert-OH is 1. The van der Waals surface area contributed by atoms with Crippen molar-refractivity contribution in [1.29, 1.82) is 0 Å². The van der Waals surface area contributed by atoms with Crippen LogP contribution in [0, 0.1) is 17.6 Å². The Kier molecular flexibility index (Phi) is 4.88. The second kappa shape index (κ2) is 6.44. The van der Waals surface area contributed by atoms with Gasteiger partial charge >= 0.3 is 0 Å². The highest BCUT2D eigenvalue weighted by Crippen LogP contribution is 2.26. The Balaban J connectivity index is 1.79. The third-order valence-electron chi connectivity index (χ3n) is 3.93. The molecule has 1 N–H and O–H groups in total. The quantitative estimate of drug-likeness (QED) is 0.888. The van der Waals surface area contributed by atoms with Crippen molar-refractivity contribution >= 4 is 0 Å². The van der Waals surface area contributed by atoms with Gasteiger partial charge in [0.05, 0.1) is 6.10 Å². The highest BCUT2D eigenvalue weighted by molar-refractivity contribution is 5.18. The van der Waals surface area contributed by atoms with Crippen LogP contribution in [0.1, 0.15) is 24.8 Å². The molecule has 2 nitrogen and oxygen atoms in total. The monoisotopic (exact) mass is 269 g/mol. The van der Waals surface area contributed by atoms with E-state index in [0.717, 1.165) is 37.9 Å². The van der Waals surface area contributed by atoms with Gasteiger partial charge in [0.2, 0.25) is 0 Å². The minimum atomic E-state index is -0.800. The molecule has 1 aromatic rings. The summed E-state index contributed by atoms with van der Waals surface area (Å²) in [6, 6.07) is 4.05. The van der Waals surface area contributed by atoms with Gasteiger partial charge in [0.15, 0.2) is 11.6 Å². The summed E-state index contributed by atoms with van der Waals surface area (Å²) in [6.45, 7) is 1.65. The normalized spacial score (nSPS) is 23.2. The zero-order chi connectivity index (χ0) is 13.8. The summed E-state index contributed by atoms with van der Waals surface area (Å²) in [6.07, 6.45) is 3.60. The second-order valence-corrected chi connectivity index (χ2v) is 5.52. The van der Waals surface area contributed by atoms with Crippen molar-refractivity contribution in [2.75, 3.05) is 20.1 Å². The zero-order valence-electron chi connectivity index (χ0n) is 11.3. The van der Waals surface area contributed by atoms with E-state index in [1.165, 1.54) is 12.1 Å². The van der Waals surface area contributed by atoms with E-state index in [0.29, 0.717) is 12.3 Å². The van der Waals surface area contributed by atoms with E-state index in [9.17, 15) is 13.9 Å². The molecule has 1 aromatic carbocycles. The van der Waals surface area contributed by atoms with Crippen LogP contribution in [0.2, 0.25) is 0 Å². The summed E-state index contributed by atoms with van der Waals surface area (Å²) in [5.74, 6) is -1.23. The Morgan fingerprint density at radius 1 is 1.26 bits per heavy atom. The Morgan fingerprint density at radius 3 is 2.68 bits per heavy atom. The molecule has 2 atom stereocenters. The fraction of sp³-hybridized carbons (Fsp3) is 0.600. The third kappa shape index (κ3) is 3.98. The molecular weight excluding hydrogens is 248 g/mol. The molecule has 1 aliphatic rings. The molecule has 0 radical (unpaired) electrons. The predicted octanol–water partition coefficient (Wildman–Crippen LogP) is 2.60. The minimum absolute atomic E-state index is 0.175. The van der Waals surface area contributed by atoms with Gasteiger partial charge in [-0.1, -0.05) is 12.5 Å². The maximum atomic E-state index is 13.1. The van der Waals surface area contributed by atoms with Crippen molar-refractivity contribution in [3.05, 3.63) is 35.4 Å². The summed E-state index contributed by atoms with van der Waals surface area (Å²) in [5, 5.41) is 9.77. The first-order chi connectivity index (χ1) is 9.06. The maximum Gasteiger partial charge on any atom is 0.159 e. The van der Waals surface area contributed by atoms with E-state index in [1.54, 1.807) is 6.07 Å². The van der Waals surface area contributed by atoms with Gasteiger partial charge in [0, 0.05) is 13.1 Å². The number of nitrogens with zero attached hydrogens (tertiary/aromatic N) is 1. The Labute approximate surface area is 113 Å². The van der Waals surface area contributed by atoms with Crippen LogP contribution in [0.15, 0.2) is 18.2 Å². The standard InChI is InChI=1S/C15H21F2NO/c1-18(10-12-3-2-4-15(12)19)8-7-11-5-6-13(16)14(17)9-11/h5-6,9,12,15,19H,2-4,7-8,10H2,1H3. The molecule has 0 heterocycles. The van der Waals surface area contributed by atoms with Gasteiger partial charge < -0.3 is 10.0 Å². The summed E-state index contributed by atoms with van der Waals surface area (Å²) in [4.78, 5) is 2.15. The van der Waals surface area contributed by atoms with Gasteiger partial charge in [-0.25, -0.2) is 8.78 Å². The van der Waals surface area contributed by atoms with Crippen molar-refractivity contribution < 1.29 is 13.9 Å². The highest BCUT2D eigenvalue weighted by Gasteiger charge is 2.25. The fourth-order valence-electron chi connectivity index (χ4n) is 2.74. The number of rotatable bonds is 5. The first-order valence-electron chi connectivity index (χ1n) is 6.87. The number of likely N-dealkylation sites (N-methyl/N-ethyl adjacent to an activating group) is 1. The van der Waals surface area contributed by atoms with Crippen LogP contribution in [-0.2, 0) is 6.42 Å². The average molecular weight is 269 g/mol. The number of halogens is 2. The van der Waals surface area contributed by atoms with Gasteiger partial charge in [-0.05, 0) is 49.9 Å². The van der Waals surface area contributed by atoms with Crippen molar-refractivity contribution in [2.45, 2.75) is 31.8 Å². The summed E-state index contributed by atoms with van der Waals surface area (Å²) in [5.41, 5.74) is 0.803. The fourth-order valence-corrected chi connectivity index (χ4v) is 2.74. The van der Waals surface area contributed by atoms with Gasteiger partial charge in [-0.3, -0.25) is 0 Å². The molecule has 0 saturated heterocycles. The van der Waals surface area contributed by atoms with Gasteiger partial charge in [-0.2, -0.15) is 0 Å². The number of hydrogen-bond donors (Lipinski definition) is 1. The largest absolute Gasteiger partial charge is 0.393 e. The number of aliphatic hydroxyl groups is 1. The van der Waals surface area contributed by atoms with E-state index < -0.39 is 11.6 Å². The zero-order valence-corrected chi connectivity index (χ0v) is 11.3. The van der Waals surface area contributed by atoms with Crippen LogP contribution in [0.25, 0.3) is 0 Å². The molecule has 4 heteroatoms. The minimum Gasteiger partial charge on any atom is -0.393 e. The van der Waals surface area contributed by atoms with Crippen LogP contribution >= 0.6 is 0 Å². The third-order valence-corrected chi connectivity index (χ3v) is 3.93. The van der Waals surface area contributed by atoms with Crippen molar-refractivity contribution in [3.63, 3.8) is 0 Å². The molecule has 2 unspecified atom stereocenters. The van der Waals surface area contributed by atoms with Crippen LogP contribution in [0.4, 0.5) is 8.78 Å². The Morgan fingerprint density at radius 2 is 2.05 bits per heavy atom. The topological polar surface area (TPSA) is 23.5 Å². The molecule has 19 heavy (non-hydrogen) atoms. The molecule has 1 fully saturated rings. The lowest BCUT2D eigenvalue weighted by Gasteiger charge is -2.23. The average Bonchev–Trinajstić information content (AvgIpc) is 2.77. The maximum absolute atomic E-state index is 13.1. The number of hydrogen-bond acceptors (Lipinski definition) is 2. The second-order valence-electron chi connectivity index (χ2n) is 5.52. The SMILES string of the molecule is CN(CCc1ccc(F)c(F)c1)CC1CCCC1O. The molecule has 1 aliphatic carbocycles. The lowest BCUT2D eigenvalue weighted by molar-refractivity contribution is 0.110. The molecule has 2 rings (SSSR count). The van der Waals surface area contributed by atoms with Gasteiger partial charge in [0.1, 0.15) is 0 Å².